The van der Waals surface area contributed by atoms with E-state index in [1.54, 1.807) is 24.3 Å². The average Bonchev–Trinajstić information content (AvgIpc) is 3.04. The third-order valence-electron chi connectivity index (χ3n) is 3.99. The summed E-state index contributed by atoms with van der Waals surface area (Å²) in [4.78, 5) is 17.0. The molecule has 0 aliphatic rings. The molecule has 0 radical (unpaired) electrons. The van der Waals surface area contributed by atoms with Crippen LogP contribution in [0.2, 0.25) is 0 Å². The highest BCUT2D eigenvalue weighted by molar-refractivity contribution is 7.23. The molecule has 0 spiro atoms. The molecule has 1 aromatic heterocycles. The first-order valence-corrected chi connectivity index (χ1v) is 9.28. The van der Waals surface area contributed by atoms with Gasteiger partial charge in [-0.25, -0.2) is 4.98 Å². The Morgan fingerprint density at radius 3 is 2.58 bits per heavy atom. The highest BCUT2D eigenvalue weighted by Gasteiger charge is 2.12. The Bertz CT molecular complexity index is 1080. The zero-order valence-corrected chi connectivity index (χ0v) is 15.3. The van der Waals surface area contributed by atoms with Gasteiger partial charge in [-0.1, -0.05) is 41.7 Å². The fourth-order valence-corrected chi connectivity index (χ4v) is 3.83. The number of nitrogens with one attached hydrogen (secondary N) is 1. The SMILES string of the molecule is CC(C)Oc1ccc(C(=O)Nc2nc3ccc4ccccc4c3s2)cc1. The number of carbonyl (C=O) groups excluding carboxylic acids is 1. The van der Waals surface area contributed by atoms with Crippen LogP contribution in [0.5, 0.6) is 5.75 Å². The maximum atomic E-state index is 12.5. The van der Waals surface area contributed by atoms with Crippen LogP contribution in [0.1, 0.15) is 24.2 Å². The number of thiazole rings is 1. The number of ether oxygens (including phenoxy) is 1. The Kier molecular flexibility index (Phi) is 4.31. The van der Waals surface area contributed by atoms with Crippen molar-refractivity contribution < 1.29 is 9.53 Å². The number of rotatable bonds is 4. The van der Waals surface area contributed by atoms with Crippen LogP contribution >= 0.6 is 11.3 Å². The van der Waals surface area contributed by atoms with Crippen molar-refractivity contribution in [3.05, 3.63) is 66.2 Å². The van der Waals surface area contributed by atoms with Gasteiger partial charge in [0, 0.05) is 10.9 Å². The lowest BCUT2D eigenvalue weighted by atomic mass is 10.1. The number of aromatic nitrogens is 1. The molecule has 1 N–H and O–H groups in total. The predicted molar refractivity (Wildman–Crippen MR) is 107 cm³/mol. The summed E-state index contributed by atoms with van der Waals surface area (Å²) in [6, 6.07) is 19.4. The van der Waals surface area contributed by atoms with Gasteiger partial charge in [-0.3, -0.25) is 10.1 Å². The van der Waals surface area contributed by atoms with Crippen LogP contribution in [0, 0.1) is 0 Å². The minimum absolute atomic E-state index is 0.104. The first kappa shape index (κ1) is 16.5. The molecule has 0 atom stereocenters. The third-order valence-corrected chi connectivity index (χ3v) is 5.01. The van der Waals surface area contributed by atoms with Gasteiger partial charge in [0.25, 0.3) is 5.91 Å². The Morgan fingerprint density at radius 2 is 1.81 bits per heavy atom. The number of benzene rings is 3. The molecule has 4 rings (SSSR count). The van der Waals surface area contributed by atoms with E-state index in [-0.39, 0.29) is 12.0 Å². The second-order valence-electron chi connectivity index (χ2n) is 6.30. The van der Waals surface area contributed by atoms with E-state index in [1.165, 1.54) is 16.7 Å². The van der Waals surface area contributed by atoms with E-state index in [1.807, 2.05) is 32.0 Å². The van der Waals surface area contributed by atoms with Crippen LogP contribution in [0.15, 0.2) is 60.7 Å². The van der Waals surface area contributed by atoms with Crippen LogP contribution in [0.3, 0.4) is 0 Å². The van der Waals surface area contributed by atoms with Gasteiger partial charge >= 0.3 is 0 Å². The highest BCUT2D eigenvalue weighted by Crippen LogP contribution is 2.32. The molecule has 26 heavy (non-hydrogen) atoms. The zero-order valence-electron chi connectivity index (χ0n) is 14.5. The fourth-order valence-electron chi connectivity index (χ4n) is 2.84. The predicted octanol–water partition coefficient (Wildman–Crippen LogP) is 5.49. The van der Waals surface area contributed by atoms with Crippen molar-refractivity contribution in [2.75, 3.05) is 5.32 Å². The number of hydrogen-bond donors (Lipinski definition) is 1. The van der Waals surface area contributed by atoms with E-state index < -0.39 is 0 Å². The molecule has 5 heteroatoms. The molecule has 0 unspecified atom stereocenters. The van der Waals surface area contributed by atoms with Crippen molar-refractivity contribution in [2.45, 2.75) is 20.0 Å². The summed E-state index contributed by atoms with van der Waals surface area (Å²) in [7, 11) is 0. The Morgan fingerprint density at radius 1 is 1.04 bits per heavy atom. The summed E-state index contributed by atoms with van der Waals surface area (Å²) in [6.45, 7) is 3.94. The molecule has 4 aromatic rings. The van der Waals surface area contributed by atoms with Gasteiger partial charge in [0.2, 0.25) is 0 Å². The van der Waals surface area contributed by atoms with E-state index in [0.717, 1.165) is 21.4 Å². The topological polar surface area (TPSA) is 51.2 Å². The second-order valence-corrected chi connectivity index (χ2v) is 7.30. The van der Waals surface area contributed by atoms with E-state index in [9.17, 15) is 4.79 Å². The van der Waals surface area contributed by atoms with Crippen molar-refractivity contribution in [3.63, 3.8) is 0 Å². The number of nitrogens with zero attached hydrogens (tertiary/aromatic N) is 1. The van der Waals surface area contributed by atoms with Crippen LogP contribution in [0.4, 0.5) is 5.13 Å². The van der Waals surface area contributed by atoms with Gasteiger partial charge in [0.15, 0.2) is 5.13 Å². The summed E-state index contributed by atoms with van der Waals surface area (Å²) in [5.74, 6) is 0.576. The standard InChI is InChI=1S/C21H18N2O2S/c1-13(2)25-16-10-7-15(8-11-16)20(24)23-21-22-18-12-9-14-5-3-4-6-17(14)19(18)26-21/h3-13H,1-2H3,(H,22,23,24). The molecule has 0 saturated heterocycles. The van der Waals surface area contributed by atoms with Gasteiger partial charge in [0.05, 0.1) is 16.3 Å². The van der Waals surface area contributed by atoms with Crippen molar-refractivity contribution in [3.8, 4) is 5.75 Å². The van der Waals surface area contributed by atoms with Crippen molar-refractivity contribution in [1.29, 1.82) is 0 Å². The lowest BCUT2D eigenvalue weighted by Crippen LogP contribution is -2.11. The summed E-state index contributed by atoms with van der Waals surface area (Å²) < 4.78 is 6.69. The summed E-state index contributed by atoms with van der Waals surface area (Å²) in [6.07, 6.45) is 0.104. The molecular formula is C21H18N2O2S. The largest absolute Gasteiger partial charge is 0.491 e. The van der Waals surface area contributed by atoms with E-state index in [0.29, 0.717) is 10.7 Å². The van der Waals surface area contributed by atoms with Gasteiger partial charge in [-0.2, -0.15) is 0 Å². The number of amides is 1. The molecule has 1 heterocycles. The number of anilines is 1. The second kappa shape index (κ2) is 6.77. The van der Waals surface area contributed by atoms with Crippen molar-refractivity contribution >= 4 is 43.4 Å². The number of carbonyl (C=O) groups is 1. The van der Waals surface area contributed by atoms with Gasteiger partial charge in [-0.05, 0) is 49.6 Å². The Labute approximate surface area is 155 Å². The average molecular weight is 362 g/mol. The van der Waals surface area contributed by atoms with E-state index in [2.05, 4.69) is 28.5 Å². The fraction of sp³-hybridized carbons (Fsp3) is 0.143. The number of fused-ring (bicyclic) bond motifs is 3. The smallest absolute Gasteiger partial charge is 0.257 e. The van der Waals surface area contributed by atoms with Crippen LogP contribution in [-0.2, 0) is 0 Å². The zero-order chi connectivity index (χ0) is 18.1. The Balaban J connectivity index is 1.58. The first-order chi connectivity index (χ1) is 12.6. The van der Waals surface area contributed by atoms with Crippen molar-refractivity contribution in [1.82, 2.24) is 4.98 Å². The first-order valence-electron chi connectivity index (χ1n) is 8.46. The molecule has 3 aromatic carbocycles. The lowest BCUT2D eigenvalue weighted by Gasteiger charge is -2.09. The quantitative estimate of drug-likeness (QED) is 0.522. The molecule has 130 valence electrons. The van der Waals surface area contributed by atoms with Gasteiger partial charge < -0.3 is 4.74 Å². The van der Waals surface area contributed by atoms with Crippen LogP contribution in [-0.4, -0.2) is 17.0 Å². The molecule has 0 fully saturated rings. The maximum absolute atomic E-state index is 12.5. The molecule has 0 saturated carbocycles. The minimum Gasteiger partial charge on any atom is -0.491 e. The molecule has 4 nitrogen and oxygen atoms in total. The van der Waals surface area contributed by atoms with Gasteiger partial charge in [-0.15, -0.1) is 0 Å². The Hall–Kier alpha value is -2.92. The molecule has 0 aliphatic carbocycles. The summed E-state index contributed by atoms with van der Waals surface area (Å²) in [5.41, 5.74) is 1.47. The van der Waals surface area contributed by atoms with E-state index in [4.69, 9.17) is 4.74 Å². The molecule has 1 amide bonds. The number of hydrogen-bond acceptors (Lipinski definition) is 4. The molecular weight excluding hydrogens is 344 g/mol. The van der Waals surface area contributed by atoms with Gasteiger partial charge in [0.1, 0.15) is 5.75 Å². The third kappa shape index (κ3) is 3.26. The van der Waals surface area contributed by atoms with Crippen molar-refractivity contribution in [2.24, 2.45) is 0 Å². The minimum atomic E-state index is -0.176. The van der Waals surface area contributed by atoms with Crippen LogP contribution in [0.25, 0.3) is 21.0 Å². The lowest BCUT2D eigenvalue weighted by molar-refractivity contribution is 0.102. The van der Waals surface area contributed by atoms with E-state index >= 15 is 0 Å². The molecule has 0 aliphatic heterocycles. The summed E-state index contributed by atoms with van der Waals surface area (Å²) in [5, 5.41) is 5.82. The normalized spacial score (nSPS) is 11.2. The van der Waals surface area contributed by atoms with Crippen LogP contribution < -0.4 is 10.1 Å². The molecule has 0 bridgehead atoms. The maximum Gasteiger partial charge on any atom is 0.257 e. The summed E-state index contributed by atoms with van der Waals surface area (Å²) >= 11 is 1.49. The monoisotopic (exact) mass is 362 g/mol. The highest BCUT2D eigenvalue weighted by atomic mass is 32.1.